The van der Waals surface area contributed by atoms with Gasteiger partial charge in [-0.15, -0.1) is 0 Å². The Kier molecular flexibility index (Phi) is 4.47. The van der Waals surface area contributed by atoms with E-state index in [1.807, 2.05) is 18.2 Å². The van der Waals surface area contributed by atoms with Crippen LogP contribution in [0.5, 0.6) is 11.5 Å². The van der Waals surface area contributed by atoms with Gasteiger partial charge in [-0.25, -0.2) is 4.79 Å². The minimum absolute atomic E-state index is 0.201. The maximum atomic E-state index is 12.0. The largest absolute Gasteiger partial charge is 0.493 e. The summed E-state index contributed by atoms with van der Waals surface area (Å²) in [5.74, 6) is 0.462. The van der Waals surface area contributed by atoms with Crippen LogP contribution in [-0.2, 0) is 4.79 Å². The molecule has 6 nitrogen and oxygen atoms in total. The molecule has 6 heteroatoms. The summed E-state index contributed by atoms with van der Waals surface area (Å²) < 4.78 is 15.9. The number of para-hydroxylation sites is 1. The maximum Gasteiger partial charge on any atom is 0.336 e. The molecule has 0 spiro atoms. The van der Waals surface area contributed by atoms with Crippen molar-refractivity contribution in [2.45, 2.75) is 0 Å². The summed E-state index contributed by atoms with van der Waals surface area (Å²) in [5.41, 5.74) is 0.588. The van der Waals surface area contributed by atoms with Crippen LogP contribution in [0, 0.1) is 0 Å². The van der Waals surface area contributed by atoms with Crippen LogP contribution >= 0.6 is 0 Å². The van der Waals surface area contributed by atoms with Crippen LogP contribution in [0.1, 0.15) is 0 Å². The van der Waals surface area contributed by atoms with Crippen molar-refractivity contribution in [1.29, 1.82) is 0 Å². The first-order valence-electron chi connectivity index (χ1n) is 7.25. The number of rotatable bonds is 5. The fraction of sp³-hybridized carbons (Fsp3) is 0.111. The molecule has 1 aromatic heterocycles. The smallest absolute Gasteiger partial charge is 0.336 e. The number of fused-ring (bicyclic) bond motifs is 1. The molecule has 0 radical (unpaired) electrons. The lowest BCUT2D eigenvalue weighted by Crippen LogP contribution is -2.20. The highest BCUT2D eigenvalue weighted by Crippen LogP contribution is 2.31. The van der Waals surface area contributed by atoms with Gasteiger partial charge in [-0.1, -0.05) is 18.2 Å². The molecule has 0 aliphatic heterocycles. The van der Waals surface area contributed by atoms with Gasteiger partial charge in [0.1, 0.15) is 5.58 Å². The molecule has 3 rings (SSSR count). The van der Waals surface area contributed by atoms with Gasteiger partial charge < -0.3 is 19.2 Å². The molecule has 3 aromatic rings. The second-order valence-corrected chi connectivity index (χ2v) is 5.00. The minimum atomic E-state index is -0.458. The van der Waals surface area contributed by atoms with E-state index in [0.717, 1.165) is 0 Å². The molecule has 1 heterocycles. The van der Waals surface area contributed by atoms with E-state index in [1.54, 1.807) is 24.3 Å². The van der Waals surface area contributed by atoms with Crippen molar-refractivity contribution in [2.24, 2.45) is 0 Å². The van der Waals surface area contributed by atoms with E-state index in [-0.39, 0.29) is 12.5 Å². The molecule has 0 saturated carbocycles. The van der Waals surface area contributed by atoms with Gasteiger partial charge in [0.2, 0.25) is 0 Å². The molecule has 0 saturated heterocycles. The summed E-state index contributed by atoms with van der Waals surface area (Å²) in [6.07, 6.45) is 0. The van der Waals surface area contributed by atoms with E-state index < -0.39 is 5.63 Å². The standard InChI is InChI=1S/C18H15NO5/c1-22-15-9-12-7-8-18(21)24-14(12)10-16(15)23-11-17(20)19-13-5-3-2-4-6-13/h2-10H,11H2,1H3,(H,19,20). The molecule has 0 bridgehead atoms. The lowest BCUT2D eigenvalue weighted by Gasteiger charge is -2.11. The molecule has 0 fully saturated rings. The molecular formula is C18H15NO5. The Morgan fingerprint density at radius 2 is 1.88 bits per heavy atom. The third-order valence-electron chi connectivity index (χ3n) is 3.32. The number of carbonyl (C=O) groups is 1. The predicted octanol–water partition coefficient (Wildman–Crippen LogP) is 2.82. The van der Waals surface area contributed by atoms with Crippen molar-refractivity contribution in [1.82, 2.24) is 0 Å². The van der Waals surface area contributed by atoms with E-state index in [2.05, 4.69) is 5.32 Å². The van der Waals surface area contributed by atoms with E-state index in [0.29, 0.717) is 28.2 Å². The number of hydrogen-bond donors (Lipinski definition) is 1. The number of anilines is 1. The average Bonchev–Trinajstić information content (AvgIpc) is 2.60. The van der Waals surface area contributed by atoms with Crippen molar-refractivity contribution >= 4 is 22.6 Å². The highest BCUT2D eigenvalue weighted by Gasteiger charge is 2.11. The summed E-state index contributed by atoms with van der Waals surface area (Å²) in [7, 11) is 1.50. The summed E-state index contributed by atoms with van der Waals surface area (Å²) in [5, 5.41) is 3.42. The van der Waals surface area contributed by atoms with Crippen LogP contribution in [0.2, 0.25) is 0 Å². The van der Waals surface area contributed by atoms with Gasteiger partial charge in [-0.3, -0.25) is 4.79 Å². The van der Waals surface area contributed by atoms with Crippen molar-refractivity contribution in [3.63, 3.8) is 0 Å². The summed E-state index contributed by atoms with van der Waals surface area (Å²) in [6, 6.07) is 15.3. The number of carbonyl (C=O) groups excluding carboxylic acids is 1. The molecule has 122 valence electrons. The third kappa shape index (κ3) is 3.55. The zero-order valence-corrected chi connectivity index (χ0v) is 12.9. The predicted molar refractivity (Wildman–Crippen MR) is 89.6 cm³/mol. The normalized spacial score (nSPS) is 10.4. The third-order valence-corrected chi connectivity index (χ3v) is 3.32. The monoisotopic (exact) mass is 325 g/mol. The Bertz CT molecular complexity index is 918. The zero-order chi connectivity index (χ0) is 16.9. The topological polar surface area (TPSA) is 77.8 Å². The van der Waals surface area contributed by atoms with Gasteiger partial charge in [-0.2, -0.15) is 0 Å². The Morgan fingerprint density at radius 3 is 2.62 bits per heavy atom. The van der Waals surface area contributed by atoms with Gasteiger partial charge >= 0.3 is 5.63 Å². The highest BCUT2D eigenvalue weighted by molar-refractivity contribution is 5.92. The molecular weight excluding hydrogens is 310 g/mol. The molecule has 0 aliphatic rings. The van der Waals surface area contributed by atoms with Gasteiger partial charge in [-0.05, 0) is 24.3 Å². The van der Waals surface area contributed by atoms with Crippen molar-refractivity contribution < 1.29 is 18.7 Å². The van der Waals surface area contributed by atoms with Crippen LogP contribution in [0.4, 0.5) is 5.69 Å². The van der Waals surface area contributed by atoms with E-state index >= 15 is 0 Å². The summed E-state index contributed by atoms with van der Waals surface area (Å²) in [6.45, 7) is -0.201. The lowest BCUT2D eigenvalue weighted by molar-refractivity contribution is -0.118. The van der Waals surface area contributed by atoms with Crippen molar-refractivity contribution in [2.75, 3.05) is 19.0 Å². The number of hydrogen-bond acceptors (Lipinski definition) is 5. The Labute approximate surface area is 137 Å². The fourth-order valence-electron chi connectivity index (χ4n) is 2.21. The molecule has 0 aliphatic carbocycles. The average molecular weight is 325 g/mol. The molecule has 0 atom stereocenters. The van der Waals surface area contributed by atoms with Crippen LogP contribution in [0.15, 0.2) is 63.8 Å². The first-order chi connectivity index (χ1) is 11.7. The van der Waals surface area contributed by atoms with Gasteiger partial charge in [0.15, 0.2) is 18.1 Å². The van der Waals surface area contributed by atoms with Gasteiger partial charge in [0, 0.05) is 23.2 Å². The SMILES string of the molecule is COc1cc2ccc(=O)oc2cc1OCC(=O)Nc1ccccc1. The lowest BCUT2D eigenvalue weighted by atomic mass is 10.2. The first kappa shape index (κ1) is 15.6. The van der Waals surface area contributed by atoms with Gasteiger partial charge in [0.05, 0.1) is 7.11 Å². The number of methoxy groups -OCH3 is 1. The van der Waals surface area contributed by atoms with Crippen LogP contribution in [0.25, 0.3) is 11.0 Å². The fourth-order valence-corrected chi connectivity index (χ4v) is 2.21. The highest BCUT2D eigenvalue weighted by atomic mass is 16.5. The maximum absolute atomic E-state index is 12.0. The molecule has 24 heavy (non-hydrogen) atoms. The summed E-state index contributed by atoms with van der Waals surface area (Å²) in [4.78, 5) is 23.3. The van der Waals surface area contributed by atoms with E-state index in [4.69, 9.17) is 13.9 Å². The quantitative estimate of drug-likeness (QED) is 0.730. The molecule has 0 unspecified atom stereocenters. The Morgan fingerprint density at radius 1 is 1.08 bits per heavy atom. The number of amides is 1. The second-order valence-electron chi connectivity index (χ2n) is 5.00. The van der Waals surface area contributed by atoms with E-state index in [9.17, 15) is 9.59 Å². The summed E-state index contributed by atoms with van der Waals surface area (Å²) >= 11 is 0. The molecule has 1 N–H and O–H groups in total. The molecule has 2 aromatic carbocycles. The molecule has 1 amide bonds. The van der Waals surface area contributed by atoms with Crippen LogP contribution in [0.3, 0.4) is 0 Å². The van der Waals surface area contributed by atoms with Crippen molar-refractivity contribution in [3.05, 3.63) is 65.0 Å². The van der Waals surface area contributed by atoms with Crippen molar-refractivity contribution in [3.8, 4) is 11.5 Å². The first-order valence-corrected chi connectivity index (χ1v) is 7.25. The van der Waals surface area contributed by atoms with Crippen LogP contribution in [-0.4, -0.2) is 19.6 Å². The number of benzene rings is 2. The number of nitrogens with one attached hydrogen (secondary N) is 1. The Balaban J connectivity index is 1.76. The van der Waals surface area contributed by atoms with E-state index in [1.165, 1.54) is 19.2 Å². The Hall–Kier alpha value is -3.28. The minimum Gasteiger partial charge on any atom is -0.493 e. The van der Waals surface area contributed by atoms with Gasteiger partial charge in [0.25, 0.3) is 5.91 Å². The zero-order valence-electron chi connectivity index (χ0n) is 12.9. The van der Waals surface area contributed by atoms with Crippen LogP contribution < -0.4 is 20.4 Å². The second kappa shape index (κ2) is 6.87. The number of ether oxygens (including phenoxy) is 2.